The van der Waals surface area contributed by atoms with Crippen molar-refractivity contribution in [3.63, 3.8) is 0 Å². The second-order valence-electron chi connectivity index (χ2n) is 5.51. The average Bonchev–Trinajstić information content (AvgIpc) is 2.77. The molecule has 2 aliphatic heterocycles. The van der Waals surface area contributed by atoms with Gasteiger partial charge in [0.25, 0.3) is 5.91 Å². The maximum Gasteiger partial charge on any atom is 0.254 e. The van der Waals surface area contributed by atoms with Crippen LogP contribution in [0.4, 0.5) is 0 Å². The molecule has 2 aliphatic rings. The molecule has 0 saturated heterocycles. The molecule has 1 atom stereocenters. The van der Waals surface area contributed by atoms with E-state index in [-0.39, 0.29) is 12.0 Å². The van der Waals surface area contributed by atoms with E-state index in [0.29, 0.717) is 0 Å². The van der Waals surface area contributed by atoms with Crippen LogP contribution < -0.4 is 4.74 Å². The molecule has 0 saturated carbocycles. The molecular weight excluding hydrogens is 238 g/mol. The van der Waals surface area contributed by atoms with Crippen LogP contribution in [0.2, 0.25) is 0 Å². The van der Waals surface area contributed by atoms with Gasteiger partial charge in [0.2, 0.25) is 0 Å². The van der Waals surface area contributed by atoms with E-state index in [1.807, 2.05) is 23.1 Å². The molecule has 3 rings (SSSR count). The van der Waals surface area contributed by atoms with Crippen molar-refractivity contribution < 1.29 is 9.53 Å². The summed E-state index contributed by atoms with van der Waals surface area (Å²) in [6.07, 6.45) is 4.24. The number of carbonyl (C=O) groups excluding carboxylic acids is 1. The van der Waals surface area contributed by atoms with Crippen molar-refractivity contribution >= 4 is 5.91 Å². The van der Waals surface area contributed by atoms with Crippen molar-refractivity contribution in [3.05, 3.63) is 41.0 Å². The third-order valence-electron chi connectivity index (χ3n) is 3.87. The Labute approximate surface area is 113 Å². The lowest BCUT2D eigenvalue weighted by Crippen LogP contribution is -2.34. The molecule has 0 N–H and O–H groups in total. The maximum absolute atomic E-state index is 12.4. The molecule has 0 radical (unpaired) electrons. The zero-order valence-electron chi connectivity index (χ0n) is 11.5. The maximum atomic E-state index is 12.4. The van der Waals surface area contributed by atoms with Crippen molar-refractivity contribution in [1.29, 1.82) is 0 Å². The highest BCUT2D eigenvalue weighted by molar-refractivity contribution is 5.95. The number of benzene rings is 1. The Morgan fingerprint density at radius 1 is 1.42 bits per heavy atom. The highest BCUT2D eigenvalue weighted by Crippen LogP contribution is 2.29. The first-order valence-electron chi connectivity index (χ1n) is 6.88. The number of hydrogen-bond donors (Lipinski definition) is 0. The molecule has 1 aromatic rings. The van der Waals surface area contributed by atoms with Crippen molar-refractivity contribution in [2.75, 3.05) is 13.1 Å². The molecule has 100 valence electrons. The van der Waals surface area contributed by atoms with Crippen molar-refractivity contribution in [1.82, 2.24) is 4.90 Å². The molecule has 0 aromatic heterocycles. The number of amides is 1. The first-order valence-corrected chi connectivity index (χ1v) is 6.88. The number of fused-ring (bicyclic) bond motifs is 1. The van der Waals surface area contributed by atoms with Gasteiger partial charge in [-0.25, -0.2) is 0 Å². The summed E-state index contributed by atoms with van der Waals surface area (Å²) < 4.78 is 5.67. The largest absolute Gasteiger partial charge is 0.490 e. The minimum atomic E-state index is 0.131. The minimum Gasteiger partial charge on any atom is -0.490 e. The van der Waals surface area contributed by atoms with E-state index in [1.165, 1.54) is 5.57 Å². The predicted octanol–water partition coefficient (Wildman–Crippen LogP) is 2.80. The molecule has 0 unspecified atom stereocenters. The molecule has 19 heavy (non-hydrogen) atoms. The third-order valence-corrected chi connectivity index (χ3v) is 3.87. The lowest BCUT2D eigenvalue weighted by Gasteiger charge is -2.25. The second kappa shape index (κ2) is 4.72. The lowest BCUT2D eigenvalue weighted by atomic mass is 10.0. The summed E-state index contributed by atoms with van der Waals surface area (Å²) in [7, 11) is 0. The number of nitrogens with zero attached hydrogens (tertiary/aromatic N) is 1. The van der Waals surface area contributed by atoms with Crippen LogP contribution in [0.25, 0.3) is 0 Å². The van der Waals surface area contributed by atoms with Crippen LogP contribution in [0.15, 0.2) is 29.8 Å². The first kappa shape index (κ1) is 12.3. The van der Waals surface area contributed by atoms with Crippen LogP contribution in [0, 0.1) is 0 Å². The van der Waals surface area contributed by atoms with Gasteiger partial charge >= 0.3 is 0 Å². The highest BCUT2D eigenvalue weighted by atomic mass is 16.5. The summed E-state index contributed by atoms with van der Waals surface area (Å²) in [5.74, 6) is 1.06. The van der Waals surface area contributed by atoms with Gasteiger partial charge in [0.1, 0.15) is 11.9 Å². The smallest absolute Gasteiger partial charge is 0.254 e. The topological polar surface area (TPSA) is 29.5 Å². The molecule has 1 amide bonds. The van der Waals surface area contributed by atoms with Gasteiger partial charge in [0.05, 0.1) is 0 Å². The molecule has 0 fully saturated rings. The van der Waals surface area contributed by atoms with Crippen molar-refractivity contribution in [3.8, 4) is 5.75 Å². The minimum absolute atomic E-state index is 0.131. The van der Waals surface area contributed by atoms with Gasteiger partial charge in [-0.2, -0.15) is 0 Å². The van der Waals surface area contributed by atoms with E-state index in [1.54, 1.807) is 0 Å². The standard InChI is InChI=1S/C16H19NO2/c1-11-5-7-17(8-6-11)16(18)13-3-4-15-14(10-13)9-12(2)19-15/h3-5,10,12H,6-9H2,1-2H3/t12-/m1/s1. The molecule has 1 aromatic carbocycles. The van der Waals surface area contributed by atoms with Crippen molar-refractivity contribution in [2.45, 2.75) is 32.8 Å². The van der Waals surface area contributed by atoms with Gasteiger partial charge in [-0.05, 0) is 44.0 Å². The number of carbonyl (C=O) groups is 1. The van der Waals surface area contributed by atoms with Gasteiger partial charge in [0.15, 0.2) is 0 Å². The molecule has 0 bridgehead atoms. The van der Waals surface area contributed by atoms with Crippen LogP contribution >= 0.6 is 0 Å². The van der Waals surface area contributed by atoms with Gasteiger partial charge < -0.3 is 9.64 Å². The summed E-state index contributed by atoms with van der Waals surface area (Å²) in [6.45, 7) is 5.73. The Hall–Kier alpha value is -1.77. The lowest BCUT2D eigenvalue weighted by molar-refractivity contribution is 0.0769. The molecule has 3 heteroatoms. The molecule has 3 nitrogen and oxygen atoms in total. The summed E-state index contributed by atoms with van der Waals surface area (Å²) in [6, 6.07) is 5.80. The van der Waals surface area contributed by atoms with Crippen LogP contribution in [0.5, 0.6) is 5.75 Å². The van der Waals surface area contributed by atoms with Crippen LogP contribution in [-0.2, 0) is 6.42 Å². The quantitative estimate of drug-likeness (QED) is 0.724. The molecule has 0 spiro atoms. The fourth-order valence-electron chi connectivity index (χ4n) is 2.69. The Morgan fingerprint density at radius 2 is 2.26 bits per heavy atom. The Bertz CT molecular complexity index is 548. The van der Waals surface area contributed by atoms with Gasteiger partial charge in [-0.3, -0.25) is 4.79 Å². The Kier molecular flexibility index (Phi) is 3.05. The molecular formula is C16H19NO2. The number of ether oxygens (including phenoxy) is 1. The van der Waals surface area contributed by atoms with E-state index < -0.39 is 0 Å². The zero-order chi connectivity index (χ0) is 13.4. The summed E-state index contributed by atoms with van der Waals surface area (Å²) in [5.41, 5.74) is 3.31. The molecule has 0 aliphatic carbocycles. The predicted molar refractivity (Wildman–Crippen MR) is 74.5 cm³/mol. The van der Waals surface area contributed by atoms with Gasteiger partial charge in [-0.1, -0.05) is 11.6 Å². The van der Waals surface area contributed by atoms with E-state index in [9.17, 15) is 4.79 Å². The van der Waals surface area contributed by atoms with Gasteiger partial charge in [0, 0.05) is 25.1 Å². The summed E-state index contributed by atoms with van der Waals surface area (Å²) in [4.78, 5) is 14.4. The third kappa shape index (κ3) is 2.37. The second-order valence-corrected chi connectivity index (χ2v) is 5.51. The van der Waals surface area contributed by atoms with Crippen LogP contribution in [-0.4, -0.2) is 30.0 Å². The number of rotatable bonds is 1. The summed E-state index contributed by atoms with van der Waals surface area (Å²) in [5, 5.41) is 0. The van der Waals surface area contributed by atoms with Crippen LogP contribution in [0.1, 0.15) is 36.2 Å². The van der Waals surface area contributed by atoms with Crippen LogP contribution in [0.3, 0.4) is 0 Å². The summed E-state index contributed by atoms with van der Waals surface area (Å²) >= 11 is 0. The SMILES string of the molecule is CC1=CCN(C(=O)c2ccc3c(c2)C[C@@H](C)O3)CC1. The Morgan fingerprint density at radius 3 is 3.00 bits per heavy atom. The van der Waals surface area contributed by atoms with E-state index >= 15 is 0 Å². The van der Waals surface area contributed by atoms with Gasteiger partial charge in [-0.15, -0.1) is 0 Å². The fourth-order valence-corrected chi connectivity index (χ4v) is 2.69. The number of hydrogen-bond acceptors (Lipinski definition) is 2. The average molecular weight is 257 g/mol. The fraction of sp³-hybridized carbons (Fsp3) is 0.438. The first-order chi connectivity index (χ1) is 9.13. The van der Waals surface area contributed by atoms with Crippen molar-refractivity contribution in [2.24, 2.45) is 0 Å². The monoisotopic (exact) mass is 257 g/mol. The van der Waals surface area contributed by atoms with E-state index in [2.05, 4.69) is 19.9 Å². The normalized spacial score (nSPS) is 21.7. The Balaban J connectivity index is 1.80. The van der Waals surface area contributed by atoms with E-state index in [0.717, 1.165) is 42.8 Å². The highest BCUT2D eigenvalue weighted by Gasteiger charge is 2.22. The zero-order valence-corrected chi connectivity index (χ0v) is 11.5. The molecule has 2 heterocycles. The van der Waals surface area contributed by atoms with E-state index in [4.69, 9.17) is 4.74 Å².